The minimum Gasteiger partial charge on any atom is -0.341 e. The summed E-state index contributed by atoms with van der Waals surface area (Å²) >= 11 is 0. The summed E-state index contributed by atoms with van der Waals surface area (Å²) in [4.78, 5) is 14.4. The van der Waals surface area contributed by atoms with Gasteiger partial charge in [0.2, 0.25) is 5.91 Å². The molecule has 22 heavy (non-hydrogen) atoms. The molecule has 3 heteroatoms. The number of piperidine rings is 1. The molecule has 2 aliphatic rings. The first-order valence-electron chi connectivity index (χ1n) is 8.39. The molecule has 1 aromatic rings. The Labute approximate surface area is 132 Å². The van der Waals surface area contributed by atoms with Crippen LogP contribution in [-0.4, -0.2) is 23.9 Å². The molecule has 116 valence electrons. The molecule has 0 N–H and O–H groups in total. The fraction of sp³-hybridized carbons (Fsp3) is 0.579. The van der Waals surface area contributed by atoms with Crippen LogP contribution in [0.3, 0.4) is 0 Å². The van der Waals surface area contributed by atoms with E-state index in [1.54, 1.807) is 0 Å². The van der Waals surface area contributed by atoms with Gasteiger partial charge in [0.15, 0.2) is 0 Å². The number of aryl methyl sites for hydroxylation is 2. The highest BCUT2D eigenvalue weighted by atomic mass is 16.2. The van der Waals surface area contributed by atoms with Gasteiger partial charge >= 0.3 is 0 Å². The Morgan fingerprint density at radius 1 is 1.27 bits per heavy atom. The van der Waals surface area contributed by atoms with Gasteiger partial charge in [-0.3, -0.25) is 4.79 Å². The number of nitriles is 1. The molecule has 1 heterocycles. The van der Waals surface area contributed by atoms with Gasteiger partial charge in [-0.05, 0) is 62.1 Å². The number of benzene rings is 1. The molecule has 1 aliphatic heterocycles. The molecule has 1 unspecified atom stereocenters. The highest BCUT2D eigenvalue weighted by Gasteiger charge is 2.33. The maximum absolute atomic E-state index is 12.6. The number of carbonyl (C=O) groups excluding carboxylic acids is 1. The van der Waals surface area contributed by atoms with Crippen molar-refractivity contribution in [2.24, 2.45) is 5.41 Å². The molecule has 0 spiro atoms. The molecule has 1 saturated heterocycles. The minimum absolute atomic E-state index is 0.164. The first-order valence-corrected chi connectivity index (χ1v) is 8.39. The van der Waals surface area contributed by atoms with Crippen molar-refractivity contribution in [3.05, 3.63) is 34.9 Å². The largest absolute Gasteiger partial charge is 0.341 e. The van der Waals surface area contributed by atoms with E-state index in [1.807, 2.05) is 11.8 Å². The van der Waals surface area contributed by atoms with E-state index in [0.717, 1.165) is 31.4 Å². The van der Waals surface area contributed by atoms with Crippen LogP contribution in [0.2, 0.25) is 0 Å². The molecule has 0 aromatic heterocycles. The molecule has 0 saturated carbocycles. The number of fused-ring (bicyclic) bond motifs is 1. The lowest BCUT2D eigenvalue weighted by Crippen LogP contribution is -2.44. The third kappa shape index (κ3) is 3.16. The predicted molar refractivity (Wildman–Crippen MR) is 86.3 cm³/mol. The van der Waals surface area contributed by atoms with E-state index in [-0.39, 0.29) is 11.3 Å². The van der Waals surface area contributed by atoms with Crippen LogP contribution in [0.25, 0.3) is 0 Å². The lowest BCUT2D eigenvalue weighted by atomic mass is 9.83. The third-order valence-corrected chi connectivity index (χ3v) is 5.09. The van der Waals surface area contributed by atoms with Gasteiger partial charge in [-0.1, -0.05) is 18.2 Å². The number of nitrogens with zero attached hydrogens (tertiary/aromatic N) is 2. The average molecular weight is 296 g/mol. The molecular formula is C19H24N2O. The predicted octanol–water partition coefficient (Wildman–Crippen LogP) is 3.26. The lowest BCUT2D eigenvalue weighted by molar-refractivity contribution is -0.132. The number of amides is 1. The maximum Gasteiger partial charge on any atom is 0.227 e. The SMILES string of the molecule is CC1(C#N)CCCN(C(=O)Cc2ccc3c(c2)CCCC3)C1. The Morgan fingerprint density at radius 2 is 2.05 bits per heavy atom. The molecule has 1 amide bonds. The van der Waals surface area contributed by atoms with E-state index < -0.39 is 0 Å². The van der Waals surface area contributed by atoms with Crippen LogP contribution < -0.4 is 0 Å². The highest BCUT2D eigenvalue weighted by molar-refractivity contribution is 5.79. The van der Waals surface area contributed by atoms with E-state index in [0.29, 0.717) is 13.0 Å². The second-order valence-corrected chi connectivity index (χ2v) is 7.08. The first kappa shape index (κ1) is 15.1. The molecule has 3 rings (SSSR count). The van der Waals surface area contributed by atoms with Gasteiger partial charge in [0, 0.05) is 13.1 Å². The zero-order valence-electron chi connectivity index (χ0n) is 13.4. The molecular weight excluding hydrogens is 272 g/mol. The van der Waals surface area contributed by atoms with Crippen LogP contribution in [0, 0.1) is 16.7 Å². The van der Waals surface area contributed by atoms with Crippen LogP contribution >= 0.6 is 0 Å². The van der Waals surface area contributed by atoms with Crippen molar-refractivity contribution in [1.29, 1.82) is 5.26 Å². The smallest absolute Gasteiger partial charge is 0.227 e. The van der Waals surface area contributed by atoms with Gasteiger partial charge in [-0.25, -0.2) is 0 Å². The summed E-state index contributed by atoms with van der Waals surface area (Å²) in [6, 6.07) is 8.91. The fourth-order valence-electron chi connectivity index (χ4n) is 3.73. The van der Waals surface area contributed by atoms with E-state index in [2.05, 4.69) is 24.3 Å². The van der Waals surface area contributed by atoms with Crippen molar-refractivity contribution in [2.45, 2.75) is 51.9 Å². The summed E-state index contributed by atoms with van der Waals surface area (Å²) in [5.74, 6) is 0.164. The molecule has 1 aromatic carbocycles. The Morgan fingerprint density at radius 3 is 2.82 bits per heavy atom. The number of hydrogen-bond donors (Lipinski definition) is 0. The summed E-state index contributed by atoms with van der Waals surface area (Å²) in [5, 5.41) is 9.28. The maximum atomic E-state index is 12.6. The van der Waals surface area contributed by atoms with Crippen molar-refractivity contribution >= 4 is 5.91 Å². The second-order valence-electron chi connectivity index (χ2n) is 7.08. The molecule has 1 aliphatic carbocycles. The van der Waals surface area contributed by atoms with Gasteiger partial charge in [0.1, 0.15) is 0 Å². The fourth-order valence-corrected chi connectivity index (χ4v) is 3.73. The normalized spacial score (nSPS) is 24.5. The summed E-state index contributed by atoms with van der Waals surface area (Å²) in [6.45, 7) is 3.33. The van der Waals surface area contributed by atoms with Crippen LogP contribution in [0.15, 0.2) is 18.2 Å². The quantitative estimate of drug-likeness (QED) is 0.841. The molecule has 1 fully saturated rings. The van der Waals surface area contributed by atoms with E-state index in [4.69, 9.17) is 0 Å². The molecule has 0 bridgehead atoms. The highest BCUT2D eigenvalue weighted by Crippen LogP contribution is 2.29. The van der Waals surface area contributed by atoms with Crippen molar-refractivity contribution < 1.29 is 4.79 Å². The van der Waals surface area contributed by atoms with Crippen LogP contribution in [-0.2, 0) is 24.1 Å². The summed E-state index contributed by atoms with van der Waals surface area (Å²) in [6.07, 6.45) is 7.16. The van der Waals surface area contributed by atoms with Gasteiger partial charge in [0.25, 0.3) is 0 Å². The number of carbonyl (C=O) groups is 1. The van der Waals surface area contributed by atoms with E-state index >= 15 is 0 Å². The van der Waals surface area contributed by atoms with Gasteiger partial charge < -0.3 is 4.90 Å². The summed E-state index contributed by atoms with van der Waals surface area (Å²) in [7, 11) is 0. The Kier molecular flexibility index (Phi) is 4.20. The second kappa shape index (κ2) is 6.12. The number of hydrogen-bond acceptors (Lipinski definition) is 2. The number of rotatable bonds is 2. The average Bonchev–Trinajstić information content (AvgIpc) is 2.55. The van der Waals surface area contributed by atoms with Crippen molar-refractivity contribution in [2.75, 3.05) is 13.1 Å². The van der Waals surface area contributed by atoms with Crippen LogP contribution in [0.4, 0.5) is 0 Å². The Balaban J connectivity index is 1.68. The summed E-state index contributed by atoms with van der Waals surface area (Å²) in [5.41, 5.74) is 3.63. The van der Waals surface area contributed by atoms with Crippen LogP contribution in [0.5, 0.6) is 0 Å². The molecule has 1 atom stereocenters. The topological polar surface area (TPSA) is 44.1 Å². The zero-order chi connectivity index (χ0) is 15.6. The first-order chi connectivity index (χ1) is 10.6. The summed E-state index contributed by atoms with van der Waals surface area (Å²) < 4.78 is 0. The van der Waals surface area contributed by atoms with Gasteiger partial charge in [-0.2, -0.15) is 5.26 Å². The molecule has 0 radical (unpaired) electrons. The standard InChI is InChI=1S/C19H24N2O/c1-19(13-20)9-4-10-21(14-19)18(22)12-15-7-8-16-5-2-3-6-17(16)11-15/h7-8,11H,2-6,9-10,12,14H2,1H3. The third-order valence-electron chi connectivity index (χ3n) is 5.09. The van der Waals surface area contributed by atoms with Crippen molar-refractivity contribution in [1.82, 2.24) is 4.90 Å². The van der Waals surface area contributed by atoms with Gasteiger partial charge in [-0.15, -0.1) is 0 Å². The number of likely N-dealkylation sites (tertiary alicyclic amines) is 1. The Bertz CT molecular complexity index is 616. The van der Waals surface area contributed by atoms with E-state index in [1.165, 1.54) is 30.4 Å². The van der Waals surface area contributed by atoms with Crippen molar-refractivity contribution in [3.63, 3.8) is 0 Å². The van der Waals surface area contributed by atoms with Crippen LogP contribution in [0.1, 0.15) is 49.3 Å². The monoisotopic (exact) mass is 296 g/mol. The van der Waals surface area contributed by atoms with Crippen molar-refractivity contribution in [3.8, 4) is 6.07 Å². The van der Waals surface area contributed by atoms with E-state index in [9.17, 15) is 10.1 Å². The molecule has 3 nitrogen and oxygen atoms in total. The minimum atomic E-state index is -0.371. The zero-order valence-corrected chi connectivity index (χ0v) is 13.4. The Hall–Kier alpha value is -1.82. The lowest BCUT2D eigenvalue weighted by Gasteiger charge is -2.36. The van der Waals surface area contributed by atoms with Gasteiger partial charge in [0.05, 0.1) is 17.9 Å².